The van der Waals surface area contributed by atoms with E-state index in [1.807, 2.05) is 40.7 Å². The molecule has 1 amide bonds. The number of Topliss-reactive ketones (excluding diaryl/α,β-unsaturated/α-hetero) is 1. The molecule has 0 atom stereocenters. The fourth-order valence-corrected chi connectivity index (χ4v) is 5.13. The van der Waals surface area contributed by atoms with Crippen LogP contribution in [0.25, 0.3) is 5.82 Å². The molecule has 16 heteroatoms. The van der Waals surface area contributed by atoms with E-state index in [1.165, 1.54) is 16.9 Å². The van der Waals surface area contributed by atoms with Crippen LogP contribution in [0.2, 0.25) is 5.02 Å². The molecule has 0 spiro atoms. The number of nitrogens with zero attached hydrogens (tertiary/aromatic N) is 7. The van der Waals surface area contributed by atoms with Crippen molar-refractivity contribution in [3.63, 3.8) is 0 Å². The third kappa shape index (κ3) is 8.03. The van der Waals surface area contributed by atoms with Gasteiger partial charge in [0.25, 0.3) is 11.7 Å². The van der Waals surface area contributed by atoms with Gasteiger partial charge in [0, 0.05) is 34.7 Å². The van der Waals surface area contributed by atoms with Crippen molar-refractivity contribution in [1.29, 1.82) is 0 Å². The average molecular weight is 675 g/mol. The quantitative estimate of drug-likeness (QED) is 0.247. The standard InChI is InChI=1S/C31H34ClF3N8O4/c1-17-10-18(27-46-15-30(5,6)16-47-27)11-21(26(45)37-29(2,3)4)20(17)13-24(44)23-12-19(14-42-40-28(38-41-42)31(33,34)35)39-43(23)25-22(32)8-7-9-36-25/h7-12,27H,13-16H2,1-6H3,(H,37,45). The molecule has 1 aromatic carbocycles. The number of amides is 1. The van der Waals surface area contributed by atoms with Crippen LogP contribution in [-0.2, 0) is 28.6 Å². The number of ether oxygens (including phenoxy) is 2. The van der Waals surface area contributed by atoms with Crippen LogP contribution in [0.4, 0.5) is 13.2 Å². The molecule has 1 fully saturated rings. The lowest BCUT2D eigenvalue weighted by Gasteiger charge is -2.35. The number of carbonyl (C=O) groups excluding carboxylic acids is 2. The van der Waals surface area contributed by atoms with Gasteiger partial charge in [-0.3, -0.25) is 9.59 Å². The number of pyridine rings is 1. The first kappa shape index (κ1) is 34.1. The monoisotopic (exact) mass is 674 g/mol. The van der Waals surface area contributed by atoms with Crippen LogP contribution >= 0.6 is 11.6 Å². The summed E-state index contributed by atoms with van der Waals surface area (Å²) in [5.41, 5.74) is 1.47. The average Bonchev–Trinajstić information content (AvgIpc) is 3.61. The van der Waals surface area contributed by atoms with Gasteiger partial charge in [-0.1, -0.05) is 31.5 Å². The van der Waals surface area contributed by atoms with Crippen molar-refractivity contribution in [2.75, 3.05) is 13.2 Å². The third-order valence-corrected chi connectivity index (χ3v) is 7.38. The second kappa shape index (κ2) is 12.8. The van der Waals surface area contributed by atoms with E-state index in [2.05, 4.69) is 30.8 Å². The number of tetrazole rings is 1. The van der Waals surface area contributed by atoms with Gasteiger partial charge in [-0.15, -0.1) is 10.2 Å². The summed E-state index contributed by atoms with van der Waals surface area (Å²) in [5.74, 6) is -2.13. The minimum absolute atomic E-state index is 0.0311. The first-order chi connectivity index (χ1) is 21.9. The number of ketones is 1. The molecule has 1 aliphatic rings. The Balaban J connectivity index is 1.53. The van der Waals surface area contributed by atoms with Crippen molar-refractivity contribution in [3.05, 3.63) is 81.0 Å². The second-order valence-electron chi connectivity index (χ2n) is 13.2. The third-order valence-electron chi connectivity index (χ3n) is 7.08. The molecule has 1 N–H and O–H groups in total. The van der Waals surface area contributed by atoms with Gasteiger partial charge >= 0.3 is 6.18 Å². The summed E-state index contributed by atoms with van der Waals surface area (Å²) >= 11 is 6.40. The Morgan fingerprint density at radius 2 is 1.81 bits per heavy atom. The first-order valence-corrected chi connectivity index (χ1v) is 15.1. The van der Waals surface area contributed by atoms with Gasteiger partial charge in [-0.25, -0.2) is 9.67 Å². The topological polar surface area (TPSA) is 139 Å². The Kier molecular flexibility index (Phi) is 9.27. The van der Waals surface area contributed by atoms with Crippen molar-refractivity contribution in [1.82, 2.24) is 40.3 Å². The van der Waals surface area contributed by atoms with Crippen molar-refractivity contribution in [3.8, 4) is 5.82 Å². The lowest BCUT2D eigenvalue weighted by molar-refractivity contribution is -0.226. The van der Waals surface area contributed by atoms with Gasteiger partial charge in [0.1, 0.15) is 12.2 Å². The summed E-state index contributed by atoms with van der Waals surface area (Å²) in [4.78, 5) is 32.7. The van der Waals surface area contributed by atoms with E-state index in [1.54, 1.807) is 25.1 Å². The van der Waals surface area contributed by atoms with E-state index < -0.39 is 29.6 Å². The second-order valence-corrected chi connectivity index (χ2v) is 13.6. The number of nitrogens with one attached hydrogen (secondary N) is 1. The summed E-state index contributed by atoms with van der Waals surface area (Å²) < 4.78 is 52.3. The van der Waals surface area contributed by atoms with Gasteiger partial charge in [-0.2, -0.15) is 23.1 Å². The minimum atomic E-state index is -4.78. The summed E-state index contributed by atoms with van der Waals surface area (Å²) in [7, 11) is 0. The highest BCUT2D eigenvalue weighted by Gasteiger charge is 2.37. The highest BCUT2D eigenvalue weighted by molar-refractivity contribution is 6.32. The largest absolute Gasteiger partial charge is 0.455 e. The maximum absolute atomic E-state index is 14.1. The van der Waals surface area contributed by atoms with Crippen LogP contribution < -0.4 is 5.32 Å². The molecule has 5 rings (SSSR count). The lowest BCUT2D eigenvalue weighted by Crippen LogP contribution is -2.41. The molecule has 1 saturated heterocycles. The maximum atomic E-state index is 14.1. The minimum Gasteiger partial charge on any atom is -0.348 e. The molecule has 3 aromatic heterocycles. The number of rotatable bonds is 8. The molecule has 0 unspecified atom stereocenters. The summed E-state index contributed by atoms with van der Waals surface area (Å²) in [6.07, 6.45) is -4.24. The van der Waals surface area contributed by atoms with Crippen molar-refractivity contribution in [2.45, 2.75) is 72.5 Å². The first-order valence-electron chi connectivity index (χ1n) is 14.7. The van der Waals surface area contributed by atoms with Crippen LogP contribution in [0.5, 0.6) is 0 Å². The zero-order valence-corrected chi connectivity index (χ0v) is 27.4. The molecule has 0 bridgehead atoms. The summed E-state index contributed by atoms with van der Waals surface area (Å²) in [6, 6.07) is 8.05. The fraction of sp³-hybridized carbons (Fsp3) is 0.452. The number of halogens is 4. The molecular formula is C31H34ClF3N8O4. The molecule has 0 saturated carbocycles. The number of benzene rings is 1. The predicted molar refractivity (Wildman–Crippen MR) is 163 cm³/mol. The van der Waals surface area contributed by atoms with Crippen LogP contribution in [0.1, 0.15) is 90.0 Å². The van der Waals surface area contributed by atoms with Gasteiger partial charge in [-0.05, 0) is 68.3 Å². The zero-order valence-electron chi connectivity index (χ0n) is 26.6. The summed E-state index contributed by atoms with van der Waals surface area (Å²) in [6.45, 7) is 12.0. The molecule has 4 aromatic rings. The van der Waals surface area contributed by atoms with Crippen molar-refractivity contribution in [2.24, 2.45) is 5.41 Å². The number of alkyl halides is 3. The number of carbonyl (C=O) groups is 2. The number of hydrogen-bond acceptors (Lipinski definition) is 9. The van der Waals surface area contributed by atoms with Crippen LogP contribution in [0.15, 0.2) is 36.5 Å². The molecule has 0 radical (unpaired) electrons. The van der Waals surface area contributed by atoms with E-state index >= 15 is 0 Å². The van der Waals surface area contributed by atoms with Gasteiger partial charge in [0.2, 0.25) is 0 Å². The van der Waals surface area contributed by atoms with Crippen LogP contribution in [0, 0.1) is 12.3 Å². The lowest BCUT2D eigenvalue weighted by atomic mass is 9.91. The van der Waals surface area contributed by atoms with E-state index in [9.17, 15) is 22.8 Å². The van der Waals surface area contributed by atoms with Crippen molar-refractivity contribution < 1.29 is 32.2 Å². The van der Waals surface area contributed by atoms with Crippen LogP contribution in [0.3, 0.4) is 0 Å². The smallest absolute Gasteiger partial charge is 0.348 e. The Hall–Kier alpha value is -4.21. The van der Waals surface area contributed by atoms with Gasteiger partial charge in [0.15, 0.2) is 17.9 Å². The Morgan fingerprint density at radius 3 is 2.43 bits per heavy atom. The van der Waals surface area contributed by atoms with Crippen molar-refractivity contribution >= 4 is 23.3 Å². The normalized spacial score (nSPS) is 15.5. The van der Waals surface area contributed by atoms with Crippen LogP contribution in [-0.4, -0.2) is 65.4 Å². The van der Waals surface area contributed by atoms with E-state index in [4.69, 9.17) is 21.1 Å². The number of aryl methyl sites for hydroxylation is 1. The van der Waals surface area contributed by atoms with Gasteiger partial charge < -0.3 is 14.8 Å². The number of hydrogen-bond donors (Lipinski definition) is 1. The number of aromatic nitrogens is 7. The molecule has 250 valence electrons. The molecule has 12 nitrogen and oxygen atoms in total. The fourth-order valence-electron chi connectivity index (χ4n) is 4.93. The Morgan fingerprint density at radius 1 is 1.11 bits per heavy atom. The predicted octanol–water partition coefficient (Wildman–Crippen LogP) is 5.31. The molecule has 47 heavy (non-hydrogen) atoms. The molecule has 4 heterocycles. The molecule has 1 aliphatic heterocycles. The highest BCUT2D eigenvalue weighted by atomic mass is 35.5. The van der Waals surface area contributed by atoms with Gasteiger partial charge in [0.05, 0.1) is 23.9 Å². The Bertz CT molecular complexity index is 1800. The van der Waals surface area contributed by atoms with E-state index in [-0.39, 0.29) is 52.1 Å². The molecular weight excluding hydrogens is 641 g/mol. The molecule has 0 aliphatic carbocycles. The summed E-state index contributed by atoms with van der Waals surface area (Å²) in [5, 5.41) is 17.4. The maximum Gasteiger partial charge on any atom is 0.455 e. The van der Waals surface area contributed by atoms with E-state index in [0.29, 0.717) is 29.9 Å². The SMILES string of the molecule is Cc1cc(C2OCC(C)(C)CO2)cc(C(=O)NC(C)(C)C)c1CC(=O)c1cc(Cn2nnc(C(F)(F)F)n2)nn1-c1ncccc1Cl. The highest BCUT2D eigenvalue weighted by Crippen LogP contribution is 2.34. The Labute approximate surface area is 273 Å². The van der Waals surface area contributed by atoms with E-state index in [0.717, 1.165) is 4.80 Å². The zero-order chi connectivity index (χ0) is 34.3.